The summed E-state index contributed by atoms with van der Waals surface area (Å²) in [5.74, 6) is 1.21. The highest BCUT2D eigenvalue weighted by atomic mass is 32.2. The van der Waals surface area contributed by atoms with Crippen molar-refractivity contribution in [2.75, 3.05) is 41.7 Å². The average molecular weight is 565 g/mol. The van der Waals surface area contributed by atoms with E-state index >= 15 is 0 Å². The van der Waals surface area contributed by atoms with E-state index in [9.17, 15) is 8.42 Å². The molecule has 0 fully saturated rings. The molecule has 3 heterocycles. The van der Waals surface area contributed by atoms with E-state index in [-0.39, 0.29) is 31.0 Å². The van der Waals surface area contributed by atoms with Gasteiger partial charge in [-0.25, -0.2) is 23.4 Å². The van der Waals surface area contributed by atoms with E-state index in [2.05, 4.69) is 25.1 Å². The first-order valence-electron chi connectivity index (χ1n) is 12.3. The Kier molecular flexibility index (Phi) is 10.7. The Bertz CT molecular complexity index is 1290. The third kappa shape index (κ3) is 7.47. The van der Waals surface area contributed by atoms with Crippen molar-refractivity contribution in [3.63, 3.8) is 0 Å². The van der Waals surface area contributed by atoms with Gasteiger partial charge in [0.2, 0.25) is 5.88 Å². The number of rotatable bonds is 15. The van der Waals surface area contributed by atoms with Gasteiger partial charge < -0.3 is 28.3 Å². The van der Waals surface area contributed by atoms with Crippen LogP contribution in [0.4, 0.5) is 0 Å². The molecule has 14 heteroatoms. The average Bonchev–Trinajstić information content (AvgIpc) is 3.33. The van der Waals surface area contributed by atoms with Crippen molar-refractivity contribution in [1.82, 2.24) is 29.7 Å². The predicted molar refractivity (Wildman–Crippen MR) is 142 cm³/mol. The van der Waals surface area contributed by atoms with E-state index in [1.807, 2.05) is 13.8 Å². The molecular formula is C25H36N6O7S. The van der Waals surface area contributed by atoms with Crippen molar-refractivity contribution in [1.29, 1.82) is 0 Å². The summed E-state index contributed by atoms with van der Waals surface area (Å²) in [6, 6.07) is 4.79. The second-order valence-electron chi connectivity index (χ2n) is 9.04. The molecule has 0 bridgehead atoms. The summed E-state index contributed by atoms with van der Waals surface area (Å²) in [6.07, 6.45) is 1.75. The smallest absolute Gasteiger partial charge is 0.213 e. The highest BCUT2D eigenvalue weighted by Gasteiger charge is 2.36. The summed E-state index contributed by atoms with van der Waals surface area (Å²) >= 11 is 0. The van der Waals surface area contributed by atoms with Crippen LogP contribution < -0.4 is 9.47 Å². The van der Waals surface area contributed by atoms with Crippen LogP contribution >= 0.6 is 0 Å². The van der Waals surface area contributed by atoms with E-state index in [0.717, 1.165) is 0 Å². The van der Waals surface area contributed by atoms with Crippen LogP contribution in [0.15, 0.2) is 30.6 Å². The largest absolute Gasteiger partial charge is 0.494 e. The lowest BCUT2D eigenvalue weighted by molar-refractivity contribution is 0.00135. The molecule has 3 rings (SSSR count). The third-order valence-electron chi connectivity index (χ3n) is 5.89. The Morgan fingerprint density at radius 1 is 0.923 bits per heavy atom. The van der Waals surface area contributed by atoms with E-state index < -0.39 is 33.0 Å². The quantitative estimate of drug-likeness (QED) is 0.267. The molecule has 2 atom stereocenters. The first-order chi connectivity index (χ1) is 18.6. The molecule has 39 heavy (non-hydrogen) atoms. The normalized spacial score (nSPS) is 13.6. The molecule has 0 saturated heterocycles. The maximum Gasteiger partial charge on any atom is 0.213 e. The highest BCUT2D eigenvalue weighted by Crippen LogP contribution is 2.30. The van der Waals surface area contributed by atoms with Gasteiger partial charge in [-0.15, -0.1) is 10.2 Å². The second kappa shape index (κ2) is 13.7. The number of ether oxygens (including phenoxy) is 5. The standard InChI is InChI=1S/C25H36N6O7S/c1-16(2)38-23(24-26-11-19(36-6)12-27-24)17(3)39(32,33)15-21-29-30-25(20-9-8-10-22(28-20)37-7)31(21)18(13-34-4)14-35-5/h8-12,16-18,23H,13-15H2,1-7H3/t17-,23+/m0/s1. The van der Waals surface area contributed by atoms with Crippen molar-refractivity contribution in [2.24, 2.45) is 0 Å². The van der Waals surface area contributed by atoms with Crippen LogP contribution in [0.25, 0.3) is 11.5 Å². The monoisotopic (exact) mass is 564 g/mol. The van der Waals surface area contributed by atoms with E-state index in [1.54, 1.807) is 43.9 Å². The molecule has 0 aliphatic carbocycles. The van der Waals surface area contributed by atoms with Crippen molar-refractivity contribution in [3.05, 3.63) is 42.2 Å². The third-order valence-corrected chi connectivity index (χ3v) is 7.93. The Hall–Kier alpha value is -3.20. The number of aromatic nitrogens is 6. The molecular weight excluding hydrogens is 528 g/mol. The summed E-state index contributed by atoms with van der Waals surface area (Å²) < 4.78 is 56.5. The molecule has 0 spiro atoms. The fourth-order valence-electron chi connectivity index (χ4n) is 3.97. The Balaban J connectivity index is 2.04. The lowest BCUT2D eigenvalue weighted by Gasteiger charge is -2.26. The van der Waals surface area contributed by atoms with Gasteiger partial charge in [-0.1, -0.05) is 6.07 Å². The predicted octanol–water partition coefficient (Wildman–Crippen LogP) is 2.45. The zero-order valence-corrected chi connectivity index (χ0v) is 24.1. The van der Waals surface area contributed by atoms with Gasteiger partial charge in [-0.05, 0) is 26.8 Å². The molecule has 0 saturated carbocycles. The molecule has 0 radical (unpaired) electrons. The summed E-state index contributed by atoms with van der Waals surface area (Å²) in [5, 5.41) is 7.57. The summed E-state index contributed by atoms with van der Waals surface area (Å²) in [5.41, 5.74) is 0.461. The first kappa shape index (κ1) is 30.3. The van der Waals surface area contributed by atoms with Crippen LogP contribution in [0.5, 0.6) is 11.6 Å². The van der Waals surface area contributed by atoms with Gasteiger partial charge >= 0.3 is 0 Å². The van der Waals surface area contributed by atoms with Crippen molar-refractivity contribution >= 4 is 9.84 Å². The number of nitrogens with zero attached hydrogens (tertiary/aromatic N) is 6. The molecule has 13 nitrogen and oxygen atoms in total. The van der Waals surface area contributed by atoms with Gasteiger partial charge in [0.15, 0.2) is 27.2 Å². The van der Waals surface area contributed by atoms with Crippen LogP contribution in [0, 0.1) is 0 Å². The lowest BCUT2D eigenvalue weighted by atomic mass is 10.2. The van der Waals surface area contributed by atoms with Gasteiger partial charge in [0, 0.05) is 20.3 Å². The highest BCUT2D eigenvalue weighted by molar-refractivity contribution is 7.91. The number of pyridine rings is 1. The number of sulfone groups is 1. The lowest BCUT2D eigenvalue weighted by Crippen LogP contribution is -2.32. The van der Waals surface area contributed by atoms with Crippen LogP contribution in [-0.4, -0.2) is 91.1 Å². The van der Waals surface area contributed by atoms with Gasteiger partial charge in [0.1, 0.15) is 23.4 Å². The molecule has 3 aromatic heterocycles. The SMILES string of the molecule is COCC(COC)n1c(CS(=O)(=O)[C@@H](C)[C@@H](OC(C)C)c2ncc(OC)cn2)nnc1-c1cccc(OC)n1. The molecule has 0 aliphatic rings. The minimum absolute atomic E-state index is 0.208. The summed E-state index contributed by atoms with van der Waals surface area (Å²) in [6.45, 7) is 5.66. The molecule has 214 valence electrons. The minimum Gasteiger partial charge on any atom is -0.494 e. The van der Waals surface area contributed by atoms with Crippen LogP contribution in [0.1, 0.15) is 44.6 Å². The molecule has 0 aliphatic heterocycles. The van der Waals surface area contributed by atoms with Crippen LogP contribution in [0.2, 0.25) is 0 Å². The number of hydrogen-bond donors (Lipinski definition) is 0. The molecule has 3 aromatic rings. The van der Waals surface area contributed by atoms with Gasteiger partial charge in [0.05, 0.1) is 57.2 Å². The van der Waals surface area contributed by atoms with Crippen molar-refractivity contribution in [2.45, 2.75) is 50.0 Å². The first-order valence-corrected chi connectivity index (χ1v) is 14.0. The van der Waals surface area contributed by atoms with Gasteiger partial charge in [-0.2, -0.15) is 0 Å². The number of methoxy groups -OCH3 is 4. The molecule has 0 unspecified atom stereocenters. The summed E-state index contributed by atoms with van der Waals surface area (Å²) in [4.78, 5) is 13.0. The zero-order chi connectivity index (χ0) is 28.6. The zero-order valence-electron chi connectivity index (χ0n) is 23.3. The Morgan fingerprint density at radius 3 is 2.15 bits per heavy atom. The fourth-order valence-corrected chi connectivity index (χ4v) is 5.35. The number of hydrogen-bond acceptors (Lipinski definition) is 12. The van der Waals surface area contributed by atoms with E-state index in [1.165, 1.54) is 26.6 Å². The van der Waals surface area contributed by atoms with Gasteiger partial charge in [0.25, 0.3) is 0 Å². The minimum atomic E-state index is -3.88. The maximum atomic E-state index is 13.8. The molecule has 0 N–H and O–H groups in total. The van der Waals surface area contributed by atoms with Gasteiger partial charge in [-0.3, -0.25) is 0 Å². The Morgan fingerprint density at radius 2 is 1.59 bits per heavy atom. The Labute approximate surface area is 228 Å². The summed E-state index contributed by atoms with van der Waals surface area (Å²) in [7, 11) is 2.24. The van der Waals surface area contributed by atoms with Crippen molar-refractivity contribution in [3.8, 4) is 23.1 Å². The van der Waals surface area contributed by atoms with E-state index in [4.69, 9.17) is 23.7 Å². The maximum absolute atomic E-state index is 13.8. The molecule has 0 aromatic carbocycles. The fraction of sp³-hybridized carbons (Fsp3) is 0.560. The van der Waals surface area contributed by atoms with Crippen LogP contribution in [0.3, 0.4) is 0 Å². The van der Waals surface area contributed by atoms with E-state index in [0.29, 0.717) is 23.1 Å². The topological polar surface area (TPSA) is 150 Å². The van der Waals surface area contributed by atoms with Crippen molar-refractivity contribution < 1.29 is 32.1 Å². The van der Waals surface area contributed by atoms with Crippen LogP contribution in [-0.2, 0) is 29.8 Å². The molecule has 0 amide bonds. The second-order valence-corrected chi connectivity index (χ2v) is 11.4.